The van der Waals surface area contributed by atoms with Gasteiger partial charge in [-0.25, -0.2) is 4.98 Å². The van der Waals surface area contributed by atoms with E-state index in [2.05, 4.69) is 16.4 Å². The first-order chi connectivity index (χ1) is 8.38. The Kier molecular flexibility index (Phi) is 2.54. The lowest BCUT2D eigenvalue weighted by Gasteiger charge is -2.08. The maximum atomic E-state index is 9.07. The highest BCUT2D eigenvalue weighted by Gasteiger charge is 2.18. The molecule has 1 aliphatic heterocycles. The van der Waals surface area contributed by atoms with E-state index in [1.54, 1.807) is 0 Å². The third kappa shape index (κ3) is 1.79. The summed E-state index contributed by atoms with van der Waals surface area (Å²) in [6.45, 7) is 1.10. The minimum absolute atomic E-state index is 0.507. The molecular formula is C13H14N4. The van der Waals surface area contributed by atoms with Crippen LogP contribution in [0.15, 0.2) is 24.4 Å². The number of nitrogens with zero attached hydrogens (tertiary/aromatic N) is 3. The normalized spacial score (nSPS) is 19.6. The van der Waals surface area contributed by atoms with Crippen molar-refractivity contribution in [2.24, 2.45) is 0 Å². The van der Waals surface area contributed by atoms with Crippen LogP contribution >= 0.6 is 0 Å². The van der Waals surface area contributed by atoms with Gasteiger partial charge in [0.05, 0.1) is 5.52 Å². The largest absolute Gasteiger partial charge is 0.314 e. The molecule has 2 aromatic heterocycles. The molecule has 86 valence electrons. The van der Waals surface area contributed by atoms with E-state index in [0.29, 0.717) is 11.7 Å². The van der Waals surface area contributed by atoms with Gasteiger partial charge >= 0.3 is 0 Å². The zero-order valence-corrected chi connectivity index (χ0v) is 9.56. The van der Waals surface area contributed by atoms with Gasteiger partial charge in [0.1, 0.15) is 11.9 Å². The molecule has 0 radical (unpaired) electrons. The van der Waals surface area contributed by atoms with Crippen LogP contribution in [0.1, 0.15) is 24.4 Å². The average Bonchev–Trinajstić information content (AvgIpc) is 2.98. The molecule has 1 atom stereocenters. The first-order valence-electron chi connectivity index (χ1n) is 5.98. The fraction of sp³-hybridized carbons (Fsp3) is 0.385. The minimum Gasteiger partial charge on any atom is -0.314 e. The maximum absolute atomic E-state index is 9.07. The second-order valence-corrected chi connectivity index (χ2v) is 4.44. The van der Waals surface area contributed by atoms with Crippen LogP contribution < -0.4 is 5.32 Å². The molecule has 3 heterocycles. The average molecular weight is 226 g/mol. The van der Waals surface area contributed by atoms with E-state index in [1.807, 2.05) is 28.8 Å². The molecule has 1 saturated heterocycles. The van der Waals surface area contributed by atoms with Crippen molar-refractivity contribution in [1.82, 2.24) is 14.7 Å². The number of hydrogen-bond acceptors (Lipinski definition) is 3. The van der Waals surface area contributed by atoms with Crippen molar-refractivity contribution >= 4 is 5.52 Å². The molecule has 2 aromatic rings. The van der Waals surface area contributed by atoms with E-state index in [-0.39, 0.29) is 0 Å². The molecule has 17 heavy (non-hydrogen) atoms. The summed E-state index contributed by atoms with van der Waals surface area (Å²) in [5, 5.41) is 12.5. The van der Waals surface area contributed by atoms with Gasteiger partial charge < -0.3 is 9.72 Å². The minimum atomic E-state index is 0.507. The highest BCUT2D eigenvalue weighted by molar-refractivity contribution is 5.58. The fourth-order valence-electron chi connectivity index (χ4n) is 2.48. The molecule has 1 unspecified atom stereocenters. The highest BCUT2D eigenvalue weighted by atomic mass is 15.0. The van der Waals surface area contributed by atoms with Gasteiger partial charge in [-0.3, -0.25) is 0 Å². The summed E-state index contributed by atoms with van der Waals surface area (Å²) in [7, 11) is 0. The lowest BCUT2D eigenvalue weighted by Crippen LogP contribution is -2.24. The molecule has 0 aliphatic carbocycles. The molecular weight excluding hydrogens is 212 g/mol. The second kappa shape index (κ2) is 4.19. The topological polar surface area (TPSA) is 53.1 Å². The second-order valence-electron chi connectivity index (χ2n) is 4.44. The van der Waals surface area contributed by atoms with Crippen molar-refractivity contribution in [3.8, 4) is 6.07 Å². The Morgan fingerprint density at radius 3 is 3.24 bits per heavy atom. The molecule has 4 heteroatoms. The predicted octanol–water partition coefficient (Wildman–Crippen LogP) is 1.50. The third-order valence-corrected chi connectivity index (χ3v) is 3.32. The number of nitrogens with one attached hydrogen (secondary N) is 1. The summed E-state index contributed by atoms with van der Waals surface area (Å²) < 4.78 is 2.03. The number of fused-ring (bicyclic) bond motifs is 1. The number of rotatable bonds is 2. The molecule has 1 aliphatic rings. The Balaban J connectivity index is 2.01. The quantitative estimate of drug-likeness (QED) is 0.844. The molecule has 4 nitrogen and oxygen atoms in total. The monoisotopic (exact) mass is 226 g/mol. The predicted molar refractivity (Wildman–Crippen MR) is 64.6 cm³/mol. The van der Waals surface area contributed by atoms with Gasteiger partial charge in [-0.15, -0.1) is 0 Å². The Morgan fingerprint density at radius 2 is 2.47 bits per heavy atom. The smallest absolute Gasteiger partial charge is 0.166 e. The van der Waals surface area contributed by atoms with Crippen LogP contribution in [-0.4, -0.2) is 22.0 Å². The van der Waals surface area contributed by atoms with Crippen molar-refractivity contribution in [1.29, 1.82) is 5.26 Å². The third-order valence-electron chi connectivity index (χ3n) is 3.32. The van der Waals surface area contributed by atoms with Crippen molar-refractivity contribution in [3.63, 3.8) is 0 Å². The van der Waals surface area contributed by atoms with Crippen LogP contribution in [0.25, 0.3) is 5.52 Å². The van der Waals surface area contributed by atoms with E-state index in [9.17, 15) is 0 Å². The van der Waals surface area contributed by atoms with Gasteiger partial charge in [0.2, 0.25) is 0 Å². The van der Waals surface area contributed by atoms with Crippen molar-refractivity contribution in [3.05, 3.63) is 35.9 Å². The van der Waals surface area contributed by atoms with Gasteiger partial charge in [-0.2, -0.15) is 5.26 Å². The summed E-state index contributed by atoms with van der Waals surface area (Å²) in [6, 6.07) is 8.52. The van der Waals surface area contributed by atoms with Crippen molar-refractivity contribution < 1.29 is 0 Å². The number of pyridine rings is 1. The van der Waals surface area contributed by atoms with Gasteiger partial charge in [-0.1, -0.05) is 6.07 Å². The maximum Gasteiger partial charge on any atom is 0.166 e. The molecule has 0 saturated carbocycles. The van der Waals surface area contributed by atoms with E-state index in [1.165, 1.54) is 12.8 Å². The number of nitriles is 1. The molecule has 1 fully saturated rings. The molecule has 0 aromatic carbocycles. The molecule has 0 bridgehead atoms. The Morgan fingerprint density at radius 1 is 1.53 bits per heavy atom. The zero-order valence-electron chi connectivity index (χ0n) is 9.56. The van der Waals surface area contributed by atoms with Crippen LogP contribution in [0.5, 0.6) is 0 Å². The number of aromatic nitrogens is 2. The highest BCUT2D eigenvalue weighted by Crippen LogP contribution is 2.16. The zero-order chi connectivity index (χ0) is 11.7. The SMILES string of the molecule is N#Cc1nc(CC2CCCN2)n2ccccc12. The van der Waals surface area contributed by atoms with Crippen LogP contribution in [0.4, 0.5) is 0 Å². The first kappa shape index (κ1) is 10.3. The first-order valence-corrected chi connectivity index (χ1v) is 5.98. The molecule has 0 spiro atoms. The lowest BCUT2D eigenvalue weighted by atomic mass is 10.1. The summed E-state index contributed by atoms with van der Waals surface area (Å²) in [6.07, 6.45) is 5.31. The molecule has 0 amide bonds. The number of imidazole rings is 1. The van der Waals surface area contributed by atoms with Gasteiger partial charge in [0, 0.05) is 18.7 Å². The van der Waals surface area contributed by atoms with Crippen LogP contribution in [0.2, 0.25) is 0 Å². The van der Waals surface area contributed by atoms with Gasteiger partial charge in [0.15, 0.2) is 5.69 Å². The standard InChI is InChI=1S/C13H14N4/c14-9-11-12-5-1-2-7-17(12)13(16-11)8-10-4-3-6-15-10/h1-2,5,7,10,15H,3-4,6,8H2. The van der Waals surface area contributed by atoms with Crippen molar-refractivity contribution in [2.45, 2.75) is 25.3 Å². The van der Waals surface area contributed by atoms with E-state index >= 15 is 0 Å². The Labute approximate surface area is 99.9 Å². The summed E-state index contributed by atoms with van der Waals surface area (Å²) in [5.74, 6) is 0.983. The lowest BCUT2D eigenvalue weighted by molar-refractivity contribution is 0.584. The fourth-order valence-corrected chi connectivity index (χ4v) is 2.48. The molecule has 1 N–H and O–H groups in total. The Hall–Kier alpha value is -1.86. The van der Waals surface area contributed by atoms with Gasteiger partial charge in [-0.05, 0) is 31.5 Å². The Bertz CT molecular complexity index is 573. The summed E-state index contributed by atoms with van der Waals surface area (Å²) in [4.78, 5) is 4.43. The van der Waals surface area contributed by atoms with E-state index < -0.39 is 0 Å². The molecule has 3 rings (SSSR count). The van der Waals surface area contributed by atoms with E-state index in [4.69, 9.17) is 5.26 Å². The van der Waals surface area contributed by atoms with Crippen LogP contribution in [0, 0.1) is 11.3 Å². The van der Waals surface area contributed by atoms with Crippen LogP contribution in [0.3, 0.4) is 0 Å². The van der Waals surface area contributed by atoms with Crippen molar-refractivity contribution in [2.75, 3.05) is 6.54 Å². The summed E-state index contributed by atoms with van der Waals surface area (Å²) >= 11 is 0. The summed E-state index contributed by atoms with van der Waals surface area (Å²) in [5.41, 5.74) is 1.43. The number of hydrogen-bond donors (Lipinski definition) is 1. The van der Waals surface area contributed by atoms with Crippen LogP contribution in [-0.2, 0) is 6.42 Å². The van der Waals surface area contributed by atoms with Gasteiger partial charge in [0.25, 0.3) is 0 Å². The van der Waals surface area contributed by atoms with E-state index in [0.717, 1.165) is 24.3 Å².